The molecule has 0 saturated heterocycles. The van der Waals surface area contributed by atoms with Crippen LogP contribution in [0.2, 0.25) is 0 Å². The quantitative estimate of drug-likeness (QED) is 0.815. The molecule has 0 spiro atoms. The van der Waals surface area contributed by atoms with E-state index in [1.807, 2.05) is 14.1 Å². The van der Waals surface area contributed by atoms with Crippen LogP contribution in [0.15, 0.2) is 18.2 Å². The molecule has 0 saturated carbocycles. The zero-order valence-corrected chi connectivity index (χ0v) is 11.9. The normalized spacial score (nSPS) is 15.7. The van der Waals surface area contributed by atoms with Gasteiger partial charge in [-0.1, -0.05) is 12.1 Å². The van der Waals surface area contributed by atoms with Crippen LogP contribution < -0.4 is 4.74 Å². The van der Waals surface area contributed by atoms with Crippen molar-refractivity contribution in [3.8, 4) is 11.8 Å². The van der Waals surface area contributed by atoms with Crippen molar-refractivity contribution in [2.45, 2.75) is 38.1 Å². The molecule has 0 N–H and O–H groups in total. The zero-order chi connectivity index (χ0) is 13.7. The minimum Gasteiger partial charge on any atom is -0.492 e. The molecule has 1 aromatic rings. The highest BCUT2D eigenvalue weighted by Crippen LogP contribution is 2.29. The van der Waals surface area contributed by atoms with Crippen LogP contribution in [-0.2, 0) is 12.8 Å². The molecular weight excluding hydrogens is 236 g/mol. The Morgan fingerprint density at radius 2 is 2.11 bits per heavy atom. The molecule has 0 amide bonds. The number of nitrogens with zero attached hydrogens (tertiary/aromatic N) is 2. The maximum atomic E-state index is 8.84. The van der Waals surface area contributed by atoms with E-state index in [1.165, 1.54) is 30.4 Å². The smallest absolute Gasteiger partial charge is 0.122 e. The monoisotopic (exact) mass is 258 g/mol. The Hall–Kier alpha value is -1.53. The van der Waals surface area contributed by atoms with Gasteiger partial charge in [0, 0.05) is 0 Å². The second-order valence-corrected chi connectivity index (χ2v) is 5.39. The molecule has 3 nitrogen and oxygen atoms in total. The van der Waals surface area contributed by atoms with Crippen molar-refractivity contribution in [1.29, 1.82) is 5.26 Å². The lowest BCUT2D eigenvalue weighted by molar-refractivity contribution is 0.186. The predicted octanol–water partition coefficient (Wildman–Crippen LogP) is 2.79. The van der Waals surface area contributed by atoms with Crippen molar-refractivity contribution < 1.29 is 4.74 Å². The van der Waals surface area contributed by atoms with Gasteiger partial charge in [0.1, 0.15) is 12.4 Å². The average Bonchev–Trinajstić information content (AvgIpc) is 2.43. The summed E-state index contributed by atoms with van der Waals surface area (Å²) < 4.78 is 5.99. The van der Waals surface area contributed by atoms with Crippen molar-refractivity contribution in [2.24, 2.45) is 0 Å². The number of benzene rings is 1. The number of nitriles is 1. The summed E-state index contributed by atoms with van der Waals surface area (Å²) in [6, 6.07) is 8.73. The Balaban J connectivity index is 2.05. The molecule has 1 aromatic carbocycles. The van der Waals surface area contributed by atoms with Gasteiger partial charge in [-0.25, -0.2) is 0 Å². The topological polar surface area (TPSA) is 36.3 Å². The molecule has 0 radical (unpaired) electrons. The van der Waals surface area contributed by atoms with Crippen LogP contribution in [0.25, 0.3) is 0 Å². The van der Waals surface area contributed by atoms with E-state index in [4.69, 9.17) is 10.00 Å². The van der Waals surface area contributed by atoms with Crippen LogP contribution in [0.5, 0.6) is 5.75 Å². The lowest BCUT2D eigenvalue weighted by Crippen LogP contribution is -2.33. The van der Waals surface area contributed by atoms with Crippen molar-refractivity contribution in [1.82, 2.24) is 4.90 Å². The number of hydrogen-bond acceptors (Lipinski definition) is 3. The summed E-state index contributed by atoms with van der Waals surface area (Å²) in [7, 11) is 3.98. The van der Waals surface area contributed by atoms with E-state index in [9.17, 15) is 0 Å². The van der Waals surface area contributed by atoms with E-state index in [2.05, 4.69) is 29.2 Å². The first-order chi connectivity index (χ1) is 9.22. The summed E-state index contributed by atoms with van der Waals surface area (Å²) in [6.07, 6.45) is 5.33. The van der Waals surface area contributed by atoms with Gasteiger partial charge >= 0.3 is 0 Å². The van der Waals surface area contributed by atoms with E-state index in [0.29, 0.717) is 13.0 Å². The number of hydrogen-bond donors (Lipinski definition) is 0. The molecule has 1 atom stereocenters. The first-order valence-electron chi connectivity index (χ1n) is 6.99. The number of rotatable bonds is 5. The van der Waals surface area contributed by atoms with Gasteiger partial charge in [0.2, 0.25) is 0 Å². The minimum absolute atomic E-state index is 0.157. The van der Waals surface area contributed by atoms with Gasteiger partial charge in [0.25, 0.3) is 0 Å². The number of aryl methyl sites for hydroxylation is 1. The third-order valence-electron chi connectivity index (χ3n) is 3.84. The van der Waals surface area contributed by atoms with Gasteiger partial charge in [-0.2, -0.15) is 5.26 Å². The first-order valence-corrected chi connectivity index (χ1v) is 6.99. The molecule has 0 aliphatic heterocycles. The van der Waals surface area contributed by atoms with E-state index >= 15 is 0 Å². The highest BCUT2D eigenvalue weighted by Gasteiger charge is 2.16. The van der Waals surface area contributed by atoms with Crippen molar-refractivity contribution in [3.05, 3.63) is 29.3 Å². The molecule has 2 rings (SSSR count). The standard InChI is InChI=1S/C16H22N2O/c1-18(2)14(10-11-17)12-19-16-9-5-7-13-6-3-4-8-15(13)16/h5,7,9,14H,3-4,6,8,10,12H2,1-2H3. The van der Waals surface area contributed by atoms with Crippen LogP contribution in [0.3, 0.4) is 0 Å². The van der Waals surface area contributed by atoms with Crippen LogP contribution in [-0.4, -0.2) is 31.6 Å². The molecule has 0 bridgehead atoms. The van der Waals surface area contributed by atoms with Gasteiger partial charge in [-0.3, -0.25) is 0 Å². The fraction of sp³-hybridized carbons (Fsp3) is 0.562. The first kappa shape index (κ1) is 13.9. The minimum atomic E-state index is 0.157. The highest BCUT2D eigenvalue weighted by atomic mass is 16.5. The number of likely N-dealkylation sites (N-methyl/N-ethyl adjacent to an activating group) is 1. The molecule has 1 unspecified atom stereocenters. The Morgan fingerprint density at radius 3 is 2.84 bits per heavy atom. The molecular formula is C16H22N2O. The molecule has 1 aliphatic rings. The molecule has 102 valence electrons. The van der Waals surface area contributed by atoms with Gasteiger partial charge < -0.3 is 9.64 Å². The SMILES string of the molecule is CN(C)C(CC#N)COc1cccc2c1CCCC2. The zero-order valence-electron chi connectivity index (χ0n) is 11.9. The van der Waals surface area contributed by atoms with Crippen LogP contribution in [0, 0.1) is 11.3 Å². The largest absolute Gasteiger partial charge is 0.492 e. The summed E-state index contributed by atoms with van der Waals surface area (Å²) in [6.45, 7) is 0.580. The van der Waals surface area contributed by atoms with E-state index in [1.54, 1.807) is 0 Å². The van der Waals surface area contributed by atoms with Crippen LogP contribution in [0.4, 0.5) is 0 Å². The maximum absolute atomic E-state index is 8.84. The molecule has 19 heavy (non-hydrogen) atoms. The van der Waals surface area contributed by atoms with Crippen LogP contribution in [0.1, 0.15) is 30.4 Å². The van der Waals surface area contributed by atoms with Gasteiger partial charge in [-0.15, -0.1) is 0 Å². The molecule has 1 aliphatic carbocycles. The predicted molar refractivity (Wildman–Crippen MR) is 76.3 cm³/mol. The Kier molecular flexibility index (Phi) is 4.81. The van der Waals surface area contributed by atoms with Gasteiger partial charge in [0.15, 0.2) is 0 Å². The summed E-state index contributed by atoms with van der Waals surface area (Å²) in [5.41, 5.74) is 2.81. The lowest BCUT2D eigenvalue weighted by Gasteiger charge is -2.24. The van der Waals surface area contributed by atoms with E-state index in [0.717, 1.165) is 12.2 Å². The average molecular weight is 258 g/mol. The third-order valence-corrected chi connectivity index (χ3v) is 3.84. The summed E-state index contributed by atoms with van der Waals surface area (Å²) in [4.78, 5) is 2.05. The summed E-state index contributed by atoms with van der Waals surface area (Å²) >= 11 is 0. The summed E-state index contributed by atoms with van der Waals surface area (Å²) in [5.74, 6) is 1.02. The fourth-order valence-corrected chi connectivity index (χ4v) is 2.56. The van der Waals surface area contributed by atoms with Gasteiger partial charge in [0.05, 0.1) is 18.5 Å². The second-order valence-electron chi connectivity index (χ2n) is 5.39. The fourth-order valence-electron chi connectivity index (χ4n) is 2.56. The molecule has 3 heteroatoms. The molecule has 0 aromatic heterocycles. The third kappa shape index (κ3) is 3.48. The Bertz CT molecular complexity index is 462. The van der Waals surface area contributed by atoms with Crippen LogP contribution >= 0.6 is 0 Å². The number of fused-ring (bicyclic) bond motifs is 1. The van der Waals surface area contributed by atoms with E-state index in [-0.39, 0.29) is 6.04 Å². The second kappa shape index (κ2) is 6.58. The van der Waals surface area contributed by atoms with E-state index < -0.39 is 0 Å². The lowest BCUT2D eigenvalue weighted by atomic mass is 9.91. The number of ether oxygens (including phenoxy) is 1. The molecule has 0 fully saturated rings. The Labute approximate surface area is 115 Å². The maximum Gasteiger partial charge on any atom is 0.122 e. The van der Waals surface area contributed by atoms with Crippen molar-refractivity contribution in [2.75, 3.05) is 20.7 Å². The van der Waals surface area contributed by atoms with Gasteiger partial charge in [-0.05, 0) is 57.0 Å². The summed E-state index contributed by atoms with van der Waals surface area (Å²) in [5, 5.41) is 8.84. The van der Waals surface area contributed by atoms with Crippen molar-refractivity contribution in [3.63, 3.8) is 0 Å². The van der Waals surface area contributed by atoms with Crippen molar-refractivity contribution >= 4 is 0 Å². The Morgan fingerprint density at radius 1 is 1.32 bits per heavy atom. The highest BCUT2D eigenvalue weighted by molar-refractivity contribution is 5.41. The molecule has 0 heterocycles.